The van der Waals surface area contributed by atoms with Gasteiger partial charge in [0.25, 0.3) is 5.91 Å². The van der Waals surface area contributed by atoms with Gasteiger partial charge in [0, 0.05) is 31.6 Å². The molecule has 0 radical (unpaired) electrons. The second kappa shape index (κ2) is 9.41. The largest absolute Gasteiger partial charge is 0.350 e. The fourth-order valence-corrected chi connectivity index (χ4v) is 2.70. The summed E-state index contributed by atoms with van der Waals surface area (Å²) in [5.41, 5.74) is 0.365. The number of benzene rings is 2. The van der Waals surface area contributed by atoms with Crippen molar-refractivity contribution in [2.45, 2.75) is 13.3 Å². The average Bonchev–Trinajstić information content (AvgIpc) is 2.62. The predicted octanol–water partition coefficient (Wildman–Crippen LogP) is 3.58. The molecule has 0 fully saturated rings. The Balaban J connectivity index is 1.90. The van der Waals surface area contributed by atoms with Gasteiger partial charge in [0.05, 0.1) is 5.56 Å². The summed E-state index contributed by atoms with van der Waals surface area (Å²) in [4.78, 5) is 25.2. The quantitative estimate of drug-likeness (QED) is 0.725. The zero-order valence-corrected chi connectivity index (χ0v) is 15.3. The first-order valence-electron chi connectivity index (χ1n) is 8.21. The summed E-state index contributed by atoms with van der Waals surface area (Å²) in [6.45, 7) is 2.03. The fourth-order valence-electron chi connectivity index (χ4n) is 2.48. The normalized spacial score (nSPS) is 10.6. The summed E-state index contributed by atoms with van der Waals surface area (Å²) >= 11 is 5.92. The summed E-state index contributed by atoms with van der Waals surface area (Å²) in [5, 5.41) is 3.00. The molecule has 27 heavy (non-hydrogen) atoms. The van der Waals surface area contributed by atoms with Gasteiger partial charge in [-0.25, -0.2) is 13.2 Å². The molecule has 4 nitrogen and oxygen atoms in total. The Bertz CT molecular complexity index is 846. The molecule has 0 heterocycles. The molecule has 0 aromatic heterocycles. The van der Waals surface area contributed by atoms with Gasteiger partial charge < -0.3 is 10.2 Å². The van der Waals surface area contributed by atoms with Gasteiger partial charge in [-0.3, -0.25) is 9.59 Å². The molecule has 0 atom stereocenters. The van der Waals surface area contributed by atoms with Crippen LogP contribution in [-0.4, -0.2) is 36.3 Å². The number of halogens is 4. The third-order valence-corrected chi connectivity index (χ3v) is 4.19. The molecule has 144 valence electrons. The number of hydrogen-bond acceptors (Lipinski definition) is 2. The van der Waals surface area contributed by atoms with E-state index in [9.17, 15) is 22.8 Å². The van der Waals surface area contributed by atoms with E-state index in [0.29, 0.717) is 24.1 Å². The molecular weight excluding hydrogens is 381 g/mol. The number of hydrogen-bond donors (Lipinski definition) is 1. The van der Waals surface area contributed by atoms with E-state index in [0.717, 1.165) is 11.6 Å². The zero-order chi connectivity index (χ0) is 20.0. The predicted molar refractivity (Wildman–Crippen MR) is 96.1 cm³/mol. The van der Waals surface area contributed by atoms with E-state index in [4.69, 9.17) is 11.6 Å². The first-order valence-corrected chi connectivity index (χ1v) is 8.59. The molecule has 0 saturated carbocycles. The van der Waals surface area contributed by atoms with E-state index < -0.39 is 28.9 Å². The van der Waals surface area contributed by atoms with Gasteiger partial charge in [-0.2, -0.15) is 0 Å². The SMILES string of the molecule is CC(=O)N(CCNC(=O)c1ccc(F)c(F)c1F)CCc1cccc(Cl)c1. The molecule has 0 unspecified atom stereocenters. The lowest BCUT2D eigenvalue weighted by Crippen LogP contribution is -2.38. The number of nitrogens with zero attached hydrogens (tertiary/aromatic N) is 1. The Hall–Kier alpha value is -2.54. The van der Waals surface area contributed by atoms with Gasteiger partial charge >= 0.3 is 0 Å². The van der Waals surface area contributed by atoms with Crippen LogP contribution in [0.25, 0.3) is 0 Å². The third kappa shape index (κ3) is 5.72. The number of nitrogens with one attached hydrogen (secondary N) is 1. The molecule has 1 N–H and O–H groups in total. The summed E-state index contributed by atoms with van der Waals surface area (Å²) in [7, 11) is 0. The third-order valence-electron chi connectivity index (χ3n) is 3.95. The molecule has 8 heteroatoms. The molecule has 2 aromatic carbocycles. The van der Waals surface area contributed by atoms with E-state index in [1.54, 1.807) is 12.1 Å². The van der Waals surface area contributed by atoms with Crippen LogP contribution in [-0.2, 0) is 11.2 Å². The lowest BCUT2D eigenvalue weighted by atomic mass is 10.1. The molecule has 2 amide bonds. The van der Waals surface area contributed by atoms with Crippen LogP contribution in [0.1, 0.15) is 22.8 Å². The van der Waals surface area contributed by atoms with Crippen molar-refractivity contribution in [1.29, 1.82) is 0 Å². The maximum atomic E-state index is 13.6. The van der Waals surface area contributed by atoms with Gasteiger partial charge in [0.1, 0.15) is 0 Å². The highest BCUT2D eigenvalue weighted by Gasteiger charge is 2.19. The van der Waals surface area contributed by atoms with E-state index in [2.05, 4.69) is 5.32 Å². The molecule has 0 aliphatic carbocycles. The minimum Gasteiger partial charge on any atom is -0.350 e. The summed E-state index contributed by atoms with van der Waals surface area (Å²) < 4.78 is 39.7. The van der Waals surface area contributed by atoms with Crippen LogP contribution in [0.4, 0.5) is 13.2 Å². The first-order chi connectivity index (χ1) is 12.8. The lowest BCUT2D eigenvalue weighted by molar-refractivity contribution is -0.128. The van der Waals surface area contributed by atoms with E-state index in [1.807, 2.05) is 12.1 Å². The van der Waals surface area contributed by atoms with Crippen molar-refractivity contribution in [2.24, 2.45) is 0 Å². The lowest BCUT2D eigenvalue weighted by Gasteiger charge is -2.21. The minimum atomic E-state index is -1.70. The van der Waals surface area contributed by atoms with Crippen molar-refractivity contribution < 1.29 is 22.8 Å². The Morgan fingerprint density at radius 2 is 1.81 bits per heavy atom. The highest BCUT2D eigenvalue weighted by molar-refractivity contribution is 6.30. The standard InChI is InChI=1S/C19H18ClF3N2O2/c1-12(26)25(9-7-13-3-2-4-14(20)11-13)10-8-24-19(27)15-5-6-16(21)18(23)17(15)22/h2-6,11H,7-10H2,1H3,(H,24,27). The molecule has 0 aliphatic heterocycles. The van der Waals surface area contributed by atoms with Crippen molar-refractivity contribution in [1.82, 2.24) is 10.2 Å². The minimum absolute atomic E-state index is 0.0341. The van der Waals surface area contributed by atoms with Gasteiger partial charge in [0.2, 0.25) is 5.91 Å². The molecule has 2 rings (SSSR count). The van der Waals surface area contributed by atoms with Crippen molar-refractivity contribution in [3.8, 4) is 0 Å². The molecular formula is C19H18ClF3N2O2. The van der Waals surface area contributed by atoms with Crippen molar-refractivity contribution in [3.63, 3.8) is 0 Å². The zero-order valence-electron chi connectivity index (χ0n) is 14.6. The Morgan fingerprint density at radius 3 is 2.48 bits per heavy atom. The summed E-state index contributed by atoms with van der Waals surface area (Å²) in [6, 6.07) is 8.80. The first kappa shape index (κ1) is 20.8. The number of rotatable bonds is 7. The number of carbonyl (C=O) groups excluding carboxylic acids is 2. The number of amides is 2. The monoisotopic (exact) mass is 398 g/mol. The van der Waals surface area contributed by atoms with Crippen molar-refractivity contribution in [2.75, 3.05) is 19.6 Å². The Morgan fingerprint density at radius 1 is 1.07 bits per heavy atom. The van der Waals surface area contributed by atoms with E-state index in [-0.39, 0.29) is 19.0 Å². The van der Waals surface area contributed by atoms with E-state index in [1.165, 1.54) is 11.8 Å². The highest BCUT2D eigenvalue weighted by Crippen LogP contribution is 2.15. The van der Waals surface area contributed by atoms with Crippen LogP contribution in [0.3, 0.4) is 0 Å². The van der Waals surface area contributed by atoms with Gasteiger partial charge in [-0.1, -0.05) is 23.7 Å². The van der Waals surface area contributed by atoms with Crippen molar-refractivity contribution in [3.05, 3.63) is 70.0 Å². The second-order valence-corrected chi connectivity index (χ2v) is 6.30. The summed E-state index contributed by atoms with van der Waals surface area (Å²) in [5.74, 6) is -5.69. The summed E-state index contributed by atoms with van der Waals surface area (Å²) in [6.07, 6.45) is 0.575. The maximum absolute atomic E-state index is 13.6. The molecule has 0 aliphatic rings. The Labute approximate surface area is 159 Å². The van der Waals surface area contributed by atoms with Gasteiger partial charge in [-0.15, -0.1) is 0 Å². The number of carbonyl (C=O) groups is 2. The molecule has 2 aromatic rings. The maximum Gasteiger partial charge on any atom is 0.254 e. The molecule has 0 bridgehead atoms. The Kier molecular flexibility index (Phi) is 7.24. The van der Waals surface area contributed by atoms with Crippen LogP contribution in [0.15, 0.2) is 36.4 Å². The molecule has 0 spiro atoms. The topological polar surface area (TPSA) is 49.4 Å². The van der Waals surface area contributed by atoms with Gasteiger partial charge in [-0.05, 0) is 36.2 Å². The average molecular weight is 399 g/mol. The molecule has 0 saturated heterocycles. The second-order valence-electron chi connectivity index (χ2n) is 5.86. The van der Waals surface area contributed by atoms with Crippen LogP contribution in [0.2, 0.25) is 5.02 Å². The van der Waals surface area contributed by atoms with Crippen molar-refractivity contribution >= 4 is 23.4 Å². The smallest absolute Gasteiger partial charge is 0.254 e. The van der Waals surface area contributed by atoms with Crippen LogP contribution in [0, 0.1) is 17.5 Å². The van der Waals surface area contributed by atoms with Crippen LogP contribution >= 0.6 is 11.6 Å². The van der Waals surface area contributed by atoms with Gasteiger partial charge in [0.15, 0.2) is 17.5 Å². The van der Waals surface area contributed by atoms with Crippen LogP contribution in [0.5, 0.6) is 0 Å². The highest BCUT2D eigenvalue weighted by atomic mass is 35.5. The van der Waals surface area contributed by atoms with E-state index >= 15 is 0 Å². The van der Waals surface area contributed by atoms with Crippen LogP contribution < -0.4 is 5.32 Å². The fraction of sp³-hybridized carbons (Fsp3) is 0.263.